The van der Waals surface area contributed by atoms with E-state index in [9.17, 15) is 4.79 Å². The number of carbonyl (C=O) groups is 1. The predicted molar refractivity (Wildman–Crippen MR) is 67.1 cm³/mol. The second-order valence-electron chi connectivity index (χ2n) is 5.31. The standard InChI is InChI=1S/C15H18O3/c16-13(14-15(6-7-15)8-9-18-14)11-17-10-12-4-2-1-3-5-12/h1-5,14H,6-11H2/t14-/m1/s1. The van der Waals surface area contributed by atoms with Crippen LogP contribution in [0.15, 0.2) is 30.3 Å². The number of rotatable bonds is 5. The molecule has 3 heteroatoms. The smallest absolute Gasteiger partial charge is 0.187 e. The molecule has 96 valence electrons. The van der Waals surface area contributed by atoms with Gasteiger partial charge in [0.1, 0.15) is 12.7 Å². The van der Waals surface area contributed by atoms with Crippen molar-refractivity contribution in [3.63, 3.8) is 0 Å². The van der Waals surface area contributed by atoms with Gasteiger partial charge in [0.15, 0.2) is 5.78 Å². The van der Waals surface area contributed by atoms with Crippen molar-refractivity contribution in [3.8, 4) is 0 Å². The van der Waals surface area contributed by atoms with E-state index in [1.54, 1.807) is 0 Å². The highest BCUT2D eigenvalue weighted by Gasteiger charge is 2.55. The van der Waals surface area contributed by atoms with Crippen LogP contribution in [-0.2, 0) is 20.9 Å². The van der Waals surface area contributed by atoms with Crippen molar-refractivity contribution in [1.82, 2.24) is 0 Å². The fraction of sp³-hybridized carbons (Fsp3) is 0.533. The van der Waals surface area contributed by atoms with Gasteiger partial charge in [0, 0.05) is 12.0 Å². The minimum atomic E-state index is -0.201. The Labute approximate surface area is 107 Å². The molecule has 1 aliphatic heterocycles. The summed E-state index contributed by atoms with van der Waals surface area (Å²) in [5, 5.41) is 0. The molecule has 0 aromatic heterocycles. The number of carbonyl (C=O) groups excluding carboxylic acids is 1. The molecule has 1 aromatic rings. The second-order valence-corrected chi connectivity index (χ2v) is 5.31. The van der Waals surface area contributed by atoms with E-state index in [0.717, 1.165) is 31.4 Å². The van der Waals surface area contributed by atoms with Crippen LogP contribution in [0.4, 0.5) is 0 Å². The molecule has 2 fully saturated rings. The van der Waals surface area contributed by atoms with E-state index in [4.69, 9.17) is 9.47 Å². The summed E-state index contributed by atoms with van der Waals surface area (Å²) in [6.45, 7) is 1.39. The molecule has 1 saturated carbocycles. The Morgan fingerprint density at radius 2 is 2.06 bits per heavy atom. The number of hydrogen-bond acceptors (Lipinski definition) is 3. The Morgan fingerprint density at radius 3 is 2.78 bits per heavy atom. The maximum Gasteiger partial charge on any atom is 0.187 e. The van der Waals surface area contributed by atoms with E-state index in [-0.39, 0.29) is 23.9 Å². The molecule has 1 spiro atoms. The van der Waals surface area contributed by atoms with Gasteiger partial charge in [0.05, 0.1) is 6.61 Å². The quantitative estimate of drug-likeness (QED) is 0.800. The minimum Gasteiger partial charge on any atom is -0.370 e. The Hall–Kier alpha value is -1.19. The van der Waals surface area contributed by atoms with Crippen LogP contribution in [0.2, 0.25) is 0 Å². The van der Waals surface area contributed by atoms with Crippen molar-refractivity contribution in [3.05, 3.63) is 35.9 Å². The summed E-state index contributed by atoms with van der Waals surface area (Å²) in [5.74, 6) is 0.112. The van der Waals surface area contributed by atoms with Crippen LogP contribution in [0.3, 0.4) is 0 Å². The first-order valence-corrected chi connectivity index (χ1v) is 6.56. The molecule has 1 aliphatic carbocycles. The number of Topliss-reactive ketones (excluding diaryl/α,β-unsaturated/α-hetero) is 1. The normalized spacial score (nSPS) is 24.3. The molecule has 0 bridgehead atoms. The fourth-order valence-electron chi connectivity index (χ4n) is 2.71. The maximum atomic E-state index is 12.0. The van der Waals surface area contributed by atoms with Gasteiger partial charge in [-0.1, -0.05) is 30.3 Å². The van der Waals surface area contributed by atoms with E-state index < -0.39 is 0 Å². The second kappa shape index (κ2) is 4.82. The topological polar surface area (TPSA) is 35.5 Å². The Balaban J connectivity index is 1.47. The number of hydrogen-bond donors (Lipinski definition) is 0. The summed E-state index contributed by atoms with van der Waals surface area (Å²) in [6, 6.07) is 9.91. The molecular formula is C15H18O3. The van der Waals surface area contributed by atoms with Crippen molar-refractivity contribution in [2.45, 2.75) is 32.0 Å². The first-order valence-electron chi connectivity index (χ1n) is 6.56. The first kappa shape index (κ1) is 11.9. The monoisotopic (exact) mass is 246 g/mol. The molecule has 3 nitrogen and oxygen atoms in total. The third-order valence-corrected chi connectivity index (χ3v) is 3.98. The van der Waals surface area contributed by atoms with Crippen molar-refractivity contribution < 1.29 is 14.3 Å². The number of ketones is 1. The average Bonchev–Trinajstić information content (AvgIpc) is 3.02. The van der Waals surface area contributed by atoms with Crippen molar-refractivity contribution in [1.29, 1.82) is 0 Å². The molecule has 1 aromatic carbocycles. The van der Waals surface area contributed by atoms with Crippen molar-refractivity contribution >= 4 is 5.78 Å². The van der Waals surface area contributed by atoms with Gasteiger partial charge in [-0.2, -0.15) is 0 Å². The van der Waals surface area contributed by atoms with E-state index in [1.165, 1.54) is 0 Å². The lowest BCUT2D eigenvalue weighted by atomic mass is 9.95. The van der Waals surface area contributed by atoms with Gasteiger partial charge in [-0.05, 0) is 24.8 Å². The van der Waals surface area contributed by atoms with Crippen LogP contribution in [0.25, 0.3) is 0 Å². The summed E-state index contributed by atoms with van der Waals surface area (Å²) in [7, 11) is 0. The summed E-state index contributed by atoms with van der Waals surface area (Å²) in [5.41, 5.74) is 1.28. The Bertz CT molecular complexity index is 423. The largest absolute Gasteiger partial charge is 0.370 e. The average molecular weight is 246 g/mol. The first-order chi connectivity index (χ1) is 8.80. The molecule has 0 unspecified atom stereocenters. The lowest BCUT2D eigenvalue weighted by molar-refractivity contribution is -0.135. The third kappa shape index (κ3) is 2.33. The minimum absolute atomic E-state index is 0.112. The van der Waals surface area contributed by atoms with Crippen LogP contribution in [0, 0.1) is 5.41 Å². The Morgan fingerprint density at radius 1 is 1.28 bits per heavy atom. The summed E-state index contributed by atoms with van der Waals surface area (Å²) in [4.78, 5) is 12.0. The van der Waals surface area contributed by atoms with Crippen LogP contribution >= 0.6 is 0 Å². The molecule has 1 saturated heterocycles. The lowest BCUT2D eigenvalue weighted by Gasteiger charge is -2.15. The lowest BCUT2D eigenvalue weighted by Crippen LogP contribution is -2.31. The van der Waals surface area contributed by atoms with Crippen LogP contribution in [0.1, 0.15) is 24.8 Å². The summed E-state index contributed by atoms with van der Waals surface area (Å²) >= 11 is 0. The highest BCUT2D eigenvalue weighted by atomic mass is 16.5. The Kier molecular flexibility index (Phi) is 3.18. The highest BCUT2D eigenvalue weighted by Crippen LogP contribution is 2.56. The van der Waals surface area contributed by atoms with E-state index in [1.807, 2.05) is 30.3 Å². The maximum absolute atomic E-state index is 12.0. The summed E-state index contributed by atoms with van der Waals surface area (Å²) in [6.07, 6.45) is 3.12. The van der Waals surface area contributed by atoms with Gasteiger partial charge in [-0.3, -0.25) is 4.79 Å². The highest BCUT2D eigenvalue weighted by molar-refractivity contribution is 5.86. The van der Waals surface area contributed by atoms with Gasteiger partial charge >= 0.3 is 0 Å². The predicted octanol–water partition coefficient (Wildman–Crippen LogP) is 2.34. The fourth-order valence-corrected chi connectivity index (χ4v) is 2.71. The zero-order valence-corrected chi connectivity index (χ0v) is 10.4. The molecule has 0 N–H and O–H groups in total. The van der Waals surface area contributed by atoms with Gasteiger partial charge in [0.25, 0.3) is 0 Å². The number of ether oxygens (including phenoxy) is 2. The molecule has 3 rings (SSSR count). The van der Waals surface area contributed by atoms with Crippen molar-refractivity contribution in [2.24, 2.45) is 5.41 Å². The molecule has 18 heavy (non-hydrogen) atoms. The summed E-state index contributed by atoms with van der Waals surface area (Å²) < 4.78 is 11.1. The van der Waals surface area contributed by atoms with Crippen molar-refractivity contribution in [2.75, 3.05) is 13.2 Å². The SMILES string of the molecule is O=C(COCc1ccccc1)[C@H]1OCCC12CC2. The van der Waals surface area contributed by atoms with Gasteiger partial charge < -0.3 is 9.47 Å². The molecular weight excluding hydrogens is 228 g/mol. The van der Waals surface area contributed by atoms with Crippen LogP contribution < -0.4 is 0 Å². The van der Waals surface area contributed by atoms with E-state index in [0.29, 0.717) is 6.61 Å². The van der Waals surface area contributed by atoms with Gasteiger partial charge in [-0.15, -0.1) is 0 Å². The molecule has 2 aliphatic rings. The van der Waals surface area contributed by atoms with E-state index >= 15 is 0 Å². The molecule has 1 atom stereocenters. The molecule has 0 radical (unpaired) electrons. The number of benzene rings is 1. The molecule has 1 heterocycles. The zero-order valence-electron chi connectivity index (χ0n) is 10.4. The van der Waals surface area contributed by atoms with Crippen LogP contribution in [-0.4, -0.2) is 25.1 Å². The van der Waals surface area contributed by atoms with Gasteiger partial charge in [0.2, 0.25) is 0 Å². The van der Waals surface area contributed by atoms with Gasteiger partial charge in [-0.25, -0.2) is 0 Å². The zero-order chi connectivity index (χ0) is 12.4. The molecule has 0 amide bonds. The van der Waals surface area contributed by atoms with Crippen LogP contribution in [0.5, 0.6) is 0 Å². The van der Waals surface area contributed by atoms with E-state index in [2.05, 4.69) is 0 Å². The third-order valence-electron chi connectivity index (χ3n) is 3.98.